The summed E-state index contributed by atoms with van der Waals surface area (Å²) in [7, 11) is 1.95. The van der Waals surface area contributed by atoms with Crippen molar-refractivity contribution in [3.05, 3.63) is 22.9 Å². The molecular weight excluding hydrogens is 244 g/mol. The van der Waals surface area contributed by atoms with E-state index in [2.05, 4.69) is 20.9 Å². The van der Waals surface area contributed by atoms with Crippen molar-refractivity contribution in [2.24, 2.45) is 0 Å². The Balaban J connectivity index is 3.00. The molecule has 0 aliphatic rings. The first kappa shape index (κ1) is 11.5. The highest BCUT2D eigenvalue weighted by Gasteiger charge is 2.23. The van der Waals surface area contributed by atoms with Crippen molar-refractivity contribution in [1.29, 1.82) is 0 Å². The van der Waals surface area contributed by atoms with Gasteiger partial charge in [-0.3, -0.25) is 4.98 Å². The van der Waals surface area contributed by atoms with E-state index >= 15 is 0 Å². The van der Waals surface area contributed by atoms with Crippen LogP contribution in [0.1, 0.15) is 13.8 Å². The minimum atomic E-state index is -0.274. The van der Waals surface area contributed by atoms with Crippen LogP contribution in [0.3, 0.4) is 0 Å². The van der Waals surface area contributed by atoms with Crippen molar-refractivity contribution < 1.29 is 5.11 Å². The Morgan fingerprint density at radius 1 is 1.57 bits per heavy atom. The van der Waals surface area contributed by atoms with Crippen LogP contribution in [0.4, 0.5) is 5.69 Å². The third kappa shape index (κ3) is 2.25. The zero-order valence-electron chi connectivity index (χ0n) is 8.66. The maximum absolute atomic E-state index is 9.24. The summed E-state index contributed by atoms with van der Waals surface area (Å²) in [6.45, 7) is 4.08. The molecule has 0 atom stereocenters. The van der Waals surface area contributed by atoms with Crippen LogP contribution >= 0.6 is 15.9 Å². The number of aliphatic hydroxyl groups is 1. The van der Waals surface area contributed by atoms with Gasteiger partial charge in [0.1, 0.15) is 0 Å². The van der Waals surface area contributed by atoms with Crippen LogP contribution in [0.2, 0.25) is 0 Å². The van der Waals surface area contributed by atoms with Gasteiger partial charge in [-0.1, -0.05) is 0 Å². The Bertz CT molecular complexity index is 315. The number of aromatic nitrogens is 1. The van der Waals surface area contributed by atoms with Gasteiger partial charge in [-0.25, -0.2) is 0 Å². The number of hydrogen-bond acceptors (Lipinski definition) is 3. The summed E-state index contributed by atoms with van der Waals surface area (Å²) < 4.78 is 0.934. The quantitative estimate of drug-likeness (QED) is 0.902. The molecule has 0 radical (unpaired) electrons. The molecule has 0 bridgehead atoms. The molecule has 0 spiro atoms. The number of halogens is 1. The number of likely N-dealkylation sites (N-methyl/N-ethyl adjacent to an activating group) is 1. The van der Waals surface area contributed by atoms with Crippen LogP contribution in [-0.4, -0.2) is 29.3 Å². The van der Waals surface area contributed by atoms with Crippen LogP contribution in [0.25, 0.3) is 0 Å². The molecule has 0 saturated carbocycles. The molecule has 0 unspecified atom stereocenters. The largest absolute Gasteiger partial charge is 0.394 e. The highest BCUT2D eigenvalue weighted by atomic mass is 79.9. The normalized spacial score (nSPS) is 11.5. The predicted octanol–water partition coefficient (Wildman–Crippen LogP) is 2.05. The lowest BCUT2D eigenvalue weighted by atomic mass is 10.0. The van der Waals surface area contributed by atoms with E-state index < -0.39 is 0 Å². The van der Waals surface area contributed by atoms with Crippen LogP contribution in [0, 0.1) is 0 Å². The summed E-state index contributed by atoms with van der Waals surface area (Å²) in [5.74, 6) is 0. The third-order valence-corrected chi connectivity index (χ3v) is 3.02. The topological polar surface area (TPSA) is 36.4 Å². The van der Waals surface area contributed by atoms with Crippen molar-refractivity contribution in [3.8, 4) is 0 Å². The van der Waals surface area contributed by atoms with Gasteiger partial charge in [-0.15, -0.1) is 0 Å². The highest BCUT2D eigenvalue weighted by Crippen LogP contribution is 2.28. The van der Waals surface area contributed by atoms with Crippen LogP contribution in [0.5, 0.6) is 0 Å². The molecule has 3 nitrogen and oxygen atoms in total. The smallest absolute Gasteiger partial charge is 0.0658 e. The standard InChI is InChI=1S/C10H15BrN2O/c1-10(2,7-14)13(3)9-4-5-12-6-8(9)11/h4-6,14H,7H2,1-3H3. The van der Waals surface area contributed by atoms with E-state index in [0.717, 1.165) is 10.2 Å². The average molecular weight is 259 g/mol. The molecule has 14 heavy (non-hydrogen) atoms. The average Bonchev–Trinajstić information content (AvgIpc) is 2.17. The summed E-state index contributed by atoms with van der Waals surface area (Å²) in [4.78, 5) is 6.03. The summed E-state index contributed by atoms with van der Waals surface area (Å²) in [6, 6.07) is 1.92. The van der Waals surface area contributed by atoms with Crippen molar-refractivity contribution >= 4 is 21.6 Å². The fourth-order valence-electron chi connectivity index (χ4n) is 1.07. The van der Waals surface area contributed by atoms with Crippen molar-refractivity contribution in [3.63, 3.8) is 0 Å². The number of rotatable bonds is 3. The number of nitrogens with zero attached hydrogens (tertiary/aromatic N) is 2. The van der Waals surface area contributed by atoms with E-state index in [0.29, 0.717) is 0 Å². The molecular formula is C10H15BrN2O. The zero-order valence-corrected chi connectivity index (χ0v) is 10.2. The van der Waals surface area contributed by atoms with E-state index in [1.54, 1.807) is 12.4 Å². The molecule has 4 heteroatoms. The van der Waals surface area contributed by atoms with Gasteiger partial charge < -0.3 is 10.0 Å². The molecule has 0 aliphatic carbocycles. The number of anilines is 1. The lowest BCUT2D eigenvalue weighted by molar-refractivity contribution is 0.216. The molecule has 1 N–H and O–H groups in total. The van der Waals surface area contributed by atoms with Crippen molar-refractivity contribution in [2.75, 3.05) is 18.6 Å². The Morgan fingerprint density at radius 2 is 2.21 bits per heavy atom. The number of pyridine rings is 1. The first-order chi connectivity index (χ1) is 6.49. The second kappa shape index (κ2) is 4.28. The van der Waals surface area contributed by atoms with Gasteiger partial charge in [0.2, 0.25) is 0 Å². The van der Waals surface area contributed by atoms with E-state index in [4.69, 9.17) is 0 Å². The SMILES string of the molecule is CN(c1ccncc1Br)C(C)(C)CO. The lowest BCUT2D eigenvalue weighted by Crippen LogP contribution is -2.44. The molecule has 0 fully saturated rings. The van der Waals surface area contributed by atoms with Crippen LogP contribution < -0.4 is 4.90 Å². The summed E-state index contributed by atoms with van der Waals surface area (Å²) >= 11 is 3.43. The first-order valence-corrected chi connectivity index (χ1v) is 5.22. The maximum Gasteiger partial charge on any atom is 0.0658 e. The predicted molar refractivity (Wildman–Crippen MR) is 61.5 cm³/mol. The lowest BCUT2D eigenvalue weighted by Gasteiger charge is -2.36. The van der Waals surface area contributed by atoms with E-state index in [1.807, 2.05) is 31.9 Å². The van der Waals surface area contributed by atoms with Crippen molar-refractivity contribution in [2.45, 2.75) is 19.4 Å². The molecule has 1 heterocycles. The van der Waals surface area contributed by atoms with E-state index in [1.165, 1.54) is 0 Å². The molecule has 1 rings (SSSR count). The molecule has 0 saturated heterocycles. The van der Waals surface area contributed by atoms with E-state index in [9.17, 15) is 5.11 Å². The first-order valence-electron chi connectivity index (χ1n) is 4.43. The second-order valence-electron chi connectivity index (χ2n) is 3.86. The Labute approximate surface area is 92.9 Å². The summed E-state index contributed by atoms with van der Waals surface area (Å²) in [5, 5.41) is 9.24. The molecule has 78 valence electrons. The molecule has 1 aromatic rings. The van der Waals surface area contributed by atoms with Gasteiger partial charge in [0.25, 0.3) is 0 Å². The van der Waals surface area contributed by atoms with Gasteiger partial charge in [-0.05, 0) is 35.8 Å². The van der Waals surface area contributed by atoms with Gasteiger partial charge in [0, 0.05) is 19.4 Å². The van der Waals surface area contributed by atoms with Crippen molar-refractivity contribution in [1.82, 2.24) is 4.98 Å². The van der Waals surface area contributed by atoms with E-state index in [-0.39, 0.29) is 12.1 Å². The minimum Gasteiger partial charge on any atom is -0.394 e. The van der Waals surface area contributed by atoms with Gasteiger partial charge in [-0.2, -0.15) is 0 Å². The van der Waals surface area contributed by atoms with Crippen LogP contribution in [-0.2, 0) is 0 Å². The molecule has 0 aliphatic heterocycles. The Kier molecular flexibility index (Phi) is 3.50. The second-order valence-corrected chi connectivity index (χ2v) is 4.71. The maximum atomic E-state index is 9.24. The minimum absolute atomic E-state index is 0.109. The Morgan fingerprint density at radius 3 is 2.71 bits per heavy atom. The number of aliphatic hydroxyl groups excluding tert-OH is 1. The molecule has 0 aromatic carbocycles. The monoisotopic (exact) mass is 258 g/mol. The fraction of sp³-hybridized carbons (Fsp3) is 0.500. The van der Waals surface area contributed by atoms with Gasteiger partial charge in [0.05, 0.1) is 22.3 Å². The Hall–Kier alpha value is -0.610. The summed E-state index contributed by atoms with van der Waals surface area (Å²) in [6.07, 6.45) is 3.49. The molecule has 0 amide bonds. The third-order valence-electron chi connectivity index (χ3n) is 2.41. The number of hydrogen-bond donors (Lipinski definition) is 1. The fourth-order valence-corrected chi connectivity index (χ4v) is 1.59. The summed E-state index contributed by atoms with van der Waals surface area (Å²) in [5.41, 5.74) is 0.753. The molecule has 1 aromatic heterocycles. The zero-order chi connectivity index (χ0) is 10.8. The van der Waals surface area contributed by atoms with Crippen LogP contribution in [0.15, 0.2) is 22.9 Å². The highest BCUT2D eigenvalue weighted by molar-refractivity contribution is 9.10. The van der Waals surface area contributed by atoms with Gasteiger partial charge in [0.15, 0.2) is 0 Å². The van der Waals surface area contributed by atoms with Gasteiger partial charge >= 0.3 is 0 Å².